The summed E-state index contributed by atoms with van der Waals surface area (Å²) in [4.78, 5) is 0. The van der Waals surface area contributed by atoms with E-state index >= 15 is 0 Å². The second kappa shape index (κ2) is 5.38. The molecule has 0 unspecified atom stereocenters. The lowest BCUT2D eigenvalue weighted by atomic mass is 9.81. The molecule has 90 valence electrons. The molecule has 0 fully saturated rings. The number of hydrogen-bond donors (Lipinski definition) is 1. The van der Waals surface area contributed by atoms with Gasteiger partial charge in [0.05, 0.1) is 0 Å². The number of phenols is 1. The lowest BCUT2D eigenvalue weighted by Gasteiger charge is -2.25. The molecule has 0 saturated carbocycles. The van der Waals surface area contributed by atoms with Crippen molar-refractivity contribution in [2.75, 3.05) is 0 Å². The molecular weight excluding hydrogens is 196 g/mol. The number of hydrogen-bond acceptors (Lipinski definition) is 1. The second-order valence-corrected chi connectivity index (χ2v) is 5.19. The quantitative estimate of drug-likeness (QED) is 0.778. The van der Waals surface area contributed by atoms with E-state index in [-0.39, 0.29) is 5.41 Å². The van der Waals surface area contributed by atoms with Crippen LogP contribution in [0.2, 0.25) is 0 Å². The van der Waals surface area contributed by atoms with Crippen LogP contribution >= 0.6 is 0 Å². The van der Waals surface area contributed by atoms with E-state index in [1.54, 1.807) is 0 Å². The molecule has 1 aromatic carbocycles. The molecule has 0 saturated heterocycles. The van der Waals surface area contributed by atoms with Gasteiger partial charge in [-0.1, -0.05) is 46.2 Å². The summed E-state index contributed by atoms with van der Waals surface area (Å²) in [5, 5.41) is 9.93. The molecule has 1 heteroatoms. The van der Waals surface area contributed by atoms with Gasteiger partial charge in [-0.05, 0) is 41.9 Å². The van der Waals surface area contributed by atoms with E-state index in [1.165, 1.54) is 18.4 Å². The van der Waals surface area contributed by atoms with Gasteiger partial charge in [0, 0.05) is 0 Å². The molecule has 0 amide bonds. The Balaban J connectivity index is 2.99. The molecule has 0 atom stereocenters. The zero-order chi connectivity index (χ0) is 12.2. The maximum atomic E-state index is 9.93. The van der Waals surface area contributed by atoms with Gasteiger partial charge in [0.15, 0.2) is 0 Å². The average Bonchev–Trinajstić information content (AvgIpc) is 2.27. The first-order chi connectivity index (χ1) is 7.51. The van der Waals surface area contributed by atoms with Gasteiger partial charge in [0.2, 0.25) is 0 Å². The average molecular weight is 220 g/mol. The summed E-state index contributed by atoms with van der Waals surface area (Å²) < 4.78 is 0. The van der Waals surface area contributed by atoms with Crippen LogP contribution in [0.5, 0.6) is 5.75 Å². The molecule has 0 aromatic heterocycles. The molecule has 0 bridgehead atoms. The zero-order valence-corrected chi connectivity index (χ0v) is 11.0. The minimum absolute atomic E-state index is 0.0618. The van der Waals surface area contributed by atoms with Crippen molar-refractivity contribution in [3.63, 3.8) is 0 Å². The summed E-state index contributed by atoms with van der Waals surface area (Å²) in [5.74, 6) is 0.437. The molecule has 1 rings (SSSR count). The standard InChI is InChI=1S/C15H24O/c1-5-7-8-12-9-10-14(16)13(11-12)15(3,4)6-2/h9-11,16H,5-8H2,1-4H3. The number of rotatable bonds is 5. The Kier molecular flexibility index (Phi) is 4.40. The highest BCUT2D eigenvalue weighted by Crippen LogP contribution is 2.34. The number of benzene rings is 1. The number of phenolic OH excluding ortho intramolecular Hbond substituents is 1. The van der Waals surface area contributed by atoms with Crippen LogP contribution in [0.15, 0.2) is 18.2 Å². The predicted molar refractivity (Wildman–Crippen MR) is 70.0 cm³/mol. The van der Waals surface area contributed by atoms with Gasteiger partial charge >= 0.3 is 0 Å². The molecular formula is C15H24O. The van der Waals surface area contributed by atoms with Crippen molar-refractivity contribution in [3.05, 3.63) is 29.3 Å². The van der Waals surface area contributed by atoms with Gasteiger partial charge in [-0.25, -0.2) is 0 Å². The molecule has 0 aliphatic rings. The summed E-state index contributed by atoms with van der Waals surface area (Å²) in [7, 11) is 0. The minimum Gasteiger partial charge on any atom is -0.508 e. The number of aromatic hydroxyl groups is 1. The van der Waals surface area contributed by atoms with Gasteiger partial charge in [-0.2, -0.15) is 0 Å². The maximum Gasteiger partial charge on any atom is 0.119 e. The van der Waals surface area contributed by atoms with E-state index in [2.05, 4.69) is 33.8 Å². The Bertz CT molecular complexity index is 339. The lowest BCUT2D eigenvalue weighted by molar-refractivity contribution is 0.428. The summed E-state index contributed by atoms with van der Waals surface area (Å²) in [6.45, 7) is 8.74. The van der Waals surface area contributed by atoms with Crippen LogP contribution in [-0.4, -0.2) is 5.11 Å². The largest absolute Gasteiger partial charge is 0.508 e. The van der Waals surface area contributed by atoms with Gasteiger partial charge < -0.3 is 5.11 Å². The summed E-state index contributed by atoms with van der Waals surface area (Å²) in [5.41, 5.74) is 2.49. The molecule has 0 radical (unpaired) electrons. The maximum absolute atomic E-state index is 9.93. The van der Waals surface area contributed by atoms with Gasteiger partial charge in [-0.15, -0.1) is 0 Å². The predicted octanol–water partition coefficient (Wildman–Crippen LogP) is 4.42. The molecule has 0 aliphatic heterocycles. The Labute approximate surface area is 99.5 Å². The van der Waals surface area contributed by atoms with Crippen molar-refractivity contribution < 1.29 is 5.11 Å². The van der Waals surface area contributed by atoms with Crippen LogP contribution < -0.4 is 0 Å². The third kappa shape index (κ3) is 3.01. The third-order valence-corrected chi connectivity index (χ3v) is 3.49. The molecule has 1 N–H and O–H groups in total. The highest BCUT2D eigenvalue weighted by Gasteiger charge is 2.21. The van der Waals surface area contributed by atoms with Gasteiger partial charge in [-0.3, -0.25) is 0 Å². The molecule has 1 aromatic rings. The van der Waals surface area contributed by atoms with Crippen molar-refractivity contribution >= 4 is 0 Å². The van der Waals surface area contributed by atoms with Crippen LogP contribution in [-0.2, 0) is 11.8 Å². The fourth-order valence-electron chi connectivity index (χ4n) is 1.85. The number of aryl methyl sites for hydroxylation is 1. The summed E-state index contributed by atoms with van der Waals surface area (Å²) in [6, 6.07) is 6.06. The lowest BCUT2D eigenvalue weighted by Crippen LogP contribution is -2.16. The first kappa shape index (κ1) is 13.1. The van der Waals surface area contributed by atoms with Crippen molar-refractivity contribution in [3.8, 4) is 5.75 Å². The zero-order valence-electron chi connectivity index (χ0n) is 11.0. The van der Waals surface area contributed by atoms with Crippen molar-refractivity contribution in [2.24, 2.45) is 0 Å². The minimum atomic E-state index is 0.0618. The SMILES string of the molecule is CCCCc1ccc(O)c(C(C)(C)CC)c1. The highest BCUT2D eigenvalue weighted by molar-refractivity contribution is 5.41. The van der Waals surface area contributed by atoms with Crippen molar-refractivity contribution in [2.45, 2.75) is 58.8 Å². The molecule has 0 heterocycles. The molecule has 0 spiro atoms. The van der Waals surface area contributed by atoms with E-state index in [0.29, 0.717) is 5.75 Å². The first-order valence-electron chi connectivity index (χ1n) is 6.33. The smallest absolute Gasteiger partial charge is 0.119 e. The molecule has 0 aliphatic carbocycles. The third-order valence-electron chi connectivity index (χ3n) is 3.49. The summed E-state index contributed by atoms with van der Waals surface area (Å²) >= 11 is 0. The van der Waals surface area contributed by atoms with E-state index < -0.39 is 0 Å². The van der Waals surface area contributed by atoms with Gasteiger partial charge in [0.25, 0.3) is 0 Å². The van der Waals surface area contributed by atoms with Crippen LogP contribution in [0.1, 0.15) is 58.1 Å². The van der Waals surface area contributed by atoms with E-state index in [9.17, 15) is 5.11 Å². The van der Waals surface area contributed by atoms with E-state index in [4.69, 9.17) is 0 Å². The fraction of sp³-hybridized carbons (Fsp3) is 0.600. The Morgan fingerprint density at radius 3 is 2.44 bits per heavy atom. The van der Waals surface area contributed by atoms with E-state index in [0.717, 1.165) is 18.4 Å². The molecule has 16 heavy (non-hydrogen) atoms. The fourth-order valence-corrected chi connectivity index (χ4v) is 1.85. The Morgan fingerprint density at radius 2 is 1.88 bits per heavy atom. The van der Waals surface area contributed by atoms with Crippen molar-refractivity contribution in [1.82, 2.24) is 0 Å². The second-order valence-electron chi connectivity index (χ2n) is 5.19. The first-order valence-corrected chi connectivity index (χ1v) is 6.33. The van der Waals surface area contributed by atoms with E-state index in [1.807, 2.05) is 12.1 Å². The van der Waals surface area contributed by atoms with Crippen LogP contribution in [0.3, 0.4) is 0 Å². The molecule has 1 nitrogen and oxygen atoms in total. The summed E-state index contributed by atoms with van der Waals surface area (Å²) in [6.07, 6.45) is 4.59. The Morgan fingerprint density at radius 1 is 1.19 bits per heavy atom. The number of unbranched alkanes of at least 4 members (excludes halogenated alkanes) is 1. The van der Waals surface area contributed by atoms with Crippen LogP contribution in [0.4, 0.5) is 0 Å². The highest BCUT2D eigenvalue weighted by atomic mass is 16.3. The van der Waals surface area contributed by atoms with Gasteiger partial charge in [0.1, 0.15) is 5.75 Å². The van der Waals surface area contributed by atoms with Crippen LogP contribution in [0, 0.1) is 0 Å². The normalized spacial score (nSPS) is 11.8. The Hall–Kier alpha value is -0.980. The monoisotopic (exact) mass is 220 g/mol. The van der Waals surface area contributed by atoms with Crippen molar-refractivity contribution in [1.29, 1.82) is 0 Å². The van der Waals surface area contributed by atoms with Crippen LogP contribution in [0.25, 0.3) is 0 Å². The topological polar surface area (TPSA) is 20.2 Å².